The topological polar surface area (TPSA) is 56.0 Å². The van der Waals surface area contributed by atoms with Gasteiger partial charge in [-0.25, -0.2) is 8.78 Å². The lowest BCUT2D eigenvalue weighted by Crippen LogP contribution is -2.25. The van der Waals surface area contributed by atoms with Gasteiger partial charge in [0.05, 0.1) is 22.8 Å². The minimum absolute atomic E-state index is 0.0121. The fraction of sp³-hybridized carbons (Fsp3) is 0.235. The van der Waals surface area contributed by atoms with Crippen LogP contribution < -0.4 is 5.32 Å². The zero-order valence-electron chi connectivity index (χ0n) is 12.4. The average molecular weight is 337 g/mol. The van der Waals surface area contributed by atoms with E-state index >= 15 is 0 Å². The average Bonchev–Trinajstić information content (AvgIpc) is 2.54. The van der Waals surface area contributed by atoms with Crippen LogP contribution in [0.25, 0.3) is 0 Å². The molecule has 0 spiro atoms. The summed E-state index contributed by atoms with van der Waals surface area (Å²) in [4.78, 5) is 0. The molecule has 0 saturated carbocycles. The summed E-state index contributed by atoms with van der Waals surface area (Å²) in [6.45, 7) is 1.85. The summed E-state index contributed by atoms with van der Waals surface area (Å²) in [6, 6.07) is 9.79. The highest BCUT2D eigenvalue weighted by Crippen LogP contribution is 2.22. The Bertz CT molecular complexity index is 746. The molecular formula is C17H15ClF2N2O. The first-order valence-corrected chi connectivity index (χ1v) is 7.36. The lowest BCUT2D eigenvalue weighted by atomic mass is 10.0. The Labute approximate surface area is 138 Å². The van der Waals surface area contributed by atoms with Gasteiger partial charge in [-0.05, 0) is 36.8 Å². The van der Waals surface area contributed by atoms with E-state index in [1.54, 1.807) is 6.92 Å². The van der Waals surface area contributed by atoms with Crippen LogP contribution in [0.4, 0.5) is 8.78 Å². The third-order valence-corrected chi connectivity index (χ3v) is 3.85. The van der Waals surface area contributed by atoms with Crippen molar-refractivity contribution in [2.45, 2.75) is 19.1 Å². The Balaban J connectivity index is 2.02. The van der Waals surface area contributed by atoms with Crippen molar-refractivity contribution in [1.82, 2.24) is 5.32 Å². The van der Waals surface area contributed by atoms with Gasteiger partial charge in [0.15, 0.2) is 0 Å². The minimum Gasteiger partial charge on any atom is -0.387 e. The van der Waals surface area contributed by atoms with Crippen molar-refractivity contribution in [2.75, 3.05) is 6.54 Å². The number of hydrogen-bond donors (Lipinski definition) is 2. The second-order valence-corrected chi connectivity index (χ2v) is 5.57. The van der Waals surface area contributed by atoms with Crippen molar-refractivity contribution in [3.8, 4) is 6.07 Å². The third-order valence-electron chi connectivity index (χ3n) is 3.54. The number of benzene rings is 2. The smallest absolute Gasteiger partial charge is 0.142 e. The number of aliphatic hydroxyl groups is 1. The number of rotatable bonds is 5. The van der Waals surface area contributed by atoms with Gasteiger partial charge in [-0.1, -0.05) is 23.7 Å². The Morgan fingerprint density at radius 3 is 2.57 bits per heavy atom. The van der Waals surface area contributed by atoms with Gasteiger partial charge in [0.25, 0.3) is 0 Å². The summed E-state index contributed by atoms with van der Waals surface area (Å²) in [7, 11) is 0. The number of aliphatic hydroxyl groups excluding tert-OH is 1. The molecule has 120 valence electrons. The number of nitrogens with zero attached hydrogens (tertiary/aromatic N) is 1. The molecule has 2 unspecified atom stereocenters. The van der Waals surface area contributed by atoms with Crippen LogP contribution in [0.2, 0.25) is 5.02 Å². The number of hydrogen-bond acceptors (Lipinski definition) is 3. The van der Waals surface area contributed by atoms with Gasteiger partial charge in [-0.2, -0.15) is 5.26 Å². The third kappa shape index (κ3) is 4.26. The molecule has 2 N–H and O–H groups in total. The van der Waals surface area contributed by atoms with Gasteiger partial charge in [0.1, 0.15) is 11.6 Å². The maximum absolute atomic E-state index is 13.9. The van der Waals surface area contributed by atoms with E-state index in [-0.39, 0.29) is 23.2 Å². The van der Waals surface area contributed by atoms with Gasteiger partial charge < -0.3 is 10.4 Å². The summed E-state index contributed by atoms with van der Waals surface area (Å²) in [5, 5.41) is 21.8. The maximum Gasteiger partial charge on any atom is 0.142 e. The van der Waals surface area contributed by atoms with Gasteiger partial charge in [0, 0.05) is 18.2 Å². The van der Waals surface area contributed by atoms with Crippen LogP contribution in [0.5, 0.6) is 0 Å². The second-order valence-electron chi connectivity index (χ2n) is 5.17. The molecule has 0 radical (unpaired) electrons. The molecule has 23 heavy (non-hydrogen) atoms. The summed E-state index contributed by atoms with van der Waals surface area (Å²) in [5.74, 6) is -1.09. The fourth-order valence-corrected chi connectivity index (χ4v) is 2.30. The zero-order chi connectivity index (χ0) is 17.0. The molecule has 0 aliphatic rings. The normalized spacial score (nSPS) is 13.4. The van der Waals surface area contributed by atoms with Crippen molar-refractivity contribution < 1.29 is 13.9 Å². The quantitative estimate of drug-likeness (QED) is 0.871. The van der Waals surface area contributed by atoms with Crippen molar-refractivity contribution in [2.24, 2.45) is 0 Å². The van der Waals surface area contributed by atoms with Gasteiger partial charge >= 0.3 is 0 Å². The highest BCUT2D eigenvalue weighted by molar-refractivity contribution is 6.30. The molecule has 0 fully saturated rings. The molecule has 2 atom stereocenters. The van der Waals surface area contributed by atoms with E-state index in [4.69, 9.17) is 16.9 Å². The highest BCUT2D eigenvalue weighted by atomic mass is 35.5. The van der Waals surface area contributed by atoms with Gasteiger partial charge in [-0.3, -0.25) is 0 Å². The first kappa shape index (κ1) is 17.4. The Morgan fingerprint density at radius 1 is 1.22 bits per heavy atom. The zero-order valence-corrected chi connectivity index (χ0v) is 13.1. The summed E-state index contributed by atoms with van der Waals surface area (Å²) in [6.07, 6.45) is -0.953. The maximum atomic E-state index is 13.9. The van der Waals surface area contributed by atoms with E-state index in [9.17, 15) is 13.9 Å². The van der Waals surface area contributed by atoms with Crippen molar-refractivity contribution in [1.29, 1.82) is 5.26 Å². The van der Waals surface area contributed by atoms with E-state index < -0.39 is 17.7 Å². The van der Waals surface area contributed by atoms with Crippen LogP contribution in [0.1, 0.15) is 35.8 Å². The Morgan fingerprint density at radius 2 is 1.96 bits per heavy atom. The van der Waals surface area contributed by atoms with Gasteiger partial charge in [-0.15, -0.1) is 0 Å². The standard InChI is InChI=1S/C17H15ClF2N2O/c1-10(13-4-2-11(8-21)6-15(13)19)22-9-17(23)12-3-5-14(18)16(20)7-12/h2-7,10,17,22-23H,9H2,1H3. The Hall–Kier alpha value is -2.00. The molecule has 6 heteroatoms. The molecule has 2 rings (SSSR count). The lowest BCUT2D eigenvalue weighted by molar-refractivity contribution is 0.170. The van der Waals surface area contributed by atoms with Crippen LogP contribution in [0.3, 0.4) is 0 Å². The van der Waals surface area contributed by atoms with Crippen LogP contribution in [-0.4, -0.2) is 11.7 Å². The Kier molecular flexibility index (Phi) is 5.67. The van der Waals surface area contributed by atoms with Crippen LogP contribution in [0.15, 0.2) is 36.4 Å². The lowest BCUT2D eigenvalue weighted by Gasteiger charge is -2.18. The molecule has 0 aromatic heterocycles. The van der Waals surface area contributed by atoms with E-state index in [2.05, 4.69) is 5.32 Å². The largest absolute Gasteiger partial charge is 0.387 e. The predicted molar refractivity (Wildman–Crippen MR) is 83.9 cm³/mol. The van der Waals surface area contributed by atoms with Crippen LogP contribution >= 0.6 is 11.6 Å². The minimum atomic E-state index is -0.953. The first-order chi connectivity index (χ1) is 10.9. The molecule has 0 amide bonds. The predicted octanol–water partition coefficient (Wildman–Crippen LogP) is 3.87. The van der Waals surface area contributed by atoms with Crippen molar-refractivity contribution >= 4 is 11.6 Å². The summed E-state index contributed by atoms with van der Waals surface area (Å²) < 4.78 is 27.3. The summed E-state index contributed by atoms with van der Waals surface area (Å²) >= 11 is 5.60. The van der Waals surface area contributed by atoms with E-state index in [0.717, 1.165) is 0 Å². The number of halogens is 3. The van der Waals surface area contributed by atoms with Gasteiger partial charge in [0.2, 0.25) is 0 Å². The highest BCUT2D eigenvalue weighted by Gasteiger charge is 2.15. The van der Waals surface area contributed by atoms with E-state index in [1.165, 1.54) is 36.4 Å². The van der Waals surface area contributed by atoms with Crippen LogP contribution in [0, 0.1) is 23.0 Å². The van der Waals surface area contributed by atoms with E-state index in [1.807, 2.05) is 6.07 Å². The first-order valence-electron chi connectivity index (χ1n) is 6.98. The molecule has 0 bridgehead atoms. The molecule has 0 saturated heterocycles. The van der Waals surface area contributed by atoms with Crippen LogP contribution in [-0.2, 0) is 0 Å². The molecule has 0 aliphatic carbocycles. The number of nitrogens with one attached hydrogen (secondary N) is 1. The van der Waals surface area contributed by atoms with E-state index in [0.29, 0.717) is 11.1 Å². The van der Waals surface area contributed by atoms with Crippen molar-refractivity contribution in [3.05, 3.63) is 69.7 Å². The molecule has 2 aromatic rings. The molecule has 0 heterocycles. The monoisotopic (exact) mass is 336 g/mol. The number of nitriles is 1. The molecule has 3 nitrogen and oxygen atoms in total. The molecule has 2 aromatic carbocycles. The second kappa shape index (κ2) is 7.51. The fourth-order valence-electron chi connectivity index (χ4n) is 2.18. The summed E-state index contributed by atoms with van der Waals surface area (Å²) in [5.41, 5.74) is 1.01. The molecular weight excluding hydrogens is 322 g/mol. The SMILES string of the molecule is CC(NCC(O)c1ccc(Cl)c(F)c1)c1ccc(C#N)cc1F. The van der Waals surface area contributed by atoms with Crippen molar-refractivity contribution in [3.63, 3.8) is 0 Å². The molecule has 0 aliphatic heterocycles.